The van der Waals surface area contributed by atoms with Gasteiger partial charge in [-0.2, -0.15) is 0 Å². The van der Waals surface area contributed by atoms with E-state index in [0.717, 1.165) is 13.0 Å². The Hall–Kier alpha value is -1.91. The maximum atomic E-state index is 13.0. The first kappa shape index (κ1) is 25.7. The molecule has 0 bridgehead atoms. The van der Waals surface area contributed by atoms with Crippen molar-refractivity contribution in [3.05, 3.63) is 10.6 Å². The fraction of sp³-hybridized carbons (Fsp3) is 0.739. The average molecular weight is 481 g/mol. The number of carbonyl (C=O) groups is 4. The normalized spacial score (nSPS) is 29.7. The summed E-state index contributed by atoms with van der Waals surface area (Å²) in [6.45, 7) is 7.60. The van der Waals surface area contributed by atoms with Gasteiger partial charge in [0.05, 0.1) is 24.5 Å². The molecular weight excluding hydrogens is 444 g/mol. The molecule has 0 aromatic carbocycles. The Bertz CT molecular complexity index is 845. The number of amides is 2. The second kappa shape index (κ2) is 10.6. The van der Waals surface area contributed by atoms with E-state index < -0.39 is 5.97 Å². The van der Waals surface area contributed by atoms with Gasteiger partial charge < -0.3 is 25.5 Å². The number of ketones is 1. The molecule has 0 aliphatic carbocycles. The van der Waals surface area contributed by atoms with Gasteiger partial charge in [0.15, 0.2) is 0 Å². The number of hydrogen-bond acceptors (Lipinski definition) is 7. The van der Waals surface area contributed by atoms with Crippen molar-refractivity contribution in [2.75, 3.05) is 33.7 Å². The van der Waals surface area contributed by atoms with Crippen LogP contribution >= 0.6 is 11.8 Å². The van der Waals surface area contributed by atoms with E-state index in [1.54, 1.807) is 19.0 Å². The maximum absolute atomic E-state index is 13.0. The summed E-state index contributed by atoms with van der Waals surface area (Å²) in [6, 6.07) is -0.507. The van der Waals surface area contributed by atoms with Crippen LogP contribution in [0.25, 0.3) is 0 Å². The standard InChI is InChI=1S/C23H36N4O5S/c1-6-7-24-10-14(28)8-12(2)17-18-13(3)20(19(23(31)32)27(18)22(17)30)33-15-9-16(25-11-15)21(29)26(4)5/h12-13,15-18,24-25H,6-11H2,1-5H3,(H,31,32)/t12-,13+,15-,16-,17+,18?/m0/s1. The molecule has 10 heteroatoms. The molecule has 1 unspecified atom stereocenters. The molecule has 3 aliphatic heterocycles. The zero-order valence-electron chi connectivity index (χ0n) is 20.1. The van der Waals surface area contributed by atoms with Crippen LogP contribution in [0.15, 0.2) is 10.6 Å². The molecule has 3 aliphatic rings. The molecule has 2 saturated heterocycles. The van der Waals surface area contributed by atoms with E-state index in [-0.39, 0.29) is 58.4 Å². The Morgan fingerprint density at radius 1 is 1.33 bits per heavy atom. The van der Waals surface area contributed by atoms with E-state index in [4.69, 9.17) is 0 Å². The minimum atomic E-state index is -1.10. The Morgan fingerprint density at radius 2 is 2.03 bits per heavy atom. The summed E-state index contributed by atoms with van der Waals surface area (Å²) in [7, 11) is 3.44. The Labute approximate surface area is 199 Å². The summed E-state index contributed by atoms with van der Waals surface area (Å²) in [6.07, 6.45) is 1.86. The van der Waals surface area contributed by atoms with Crippen molar-refractivity contribution < 1.29 is 24.3 Å². The first-order valence-corrected chi connectivity index (χ1v) is 12.6. The van der Waals surface area contributed by atoms with Crippen LogP contribution in [0.3, 0.4) is 0 Å². The van der Waals surface area contributed by atoms with Gasteiger partial charge in [-0.3, -0.25) is 14.4 Å². The summed E-state index contributed by atoms with van der Waals surface area (Å²) < 4.78 is 0. The zero-order chi connectivity index (χ0) is 24.4. The van der Waals surface area contributed by atoms with E-state index in [2.05, 4.69) is 10.6 Å². The summed E-state index contributed by atoms with van der Waals surface area (Å²) in [5, 5.41) is 16.3. The first-order chi connectivity index (χ1) is 15.6. The van der Waals surface area contributed by atoms with Gasteiger partial charge in [-0.15, -0.1) is 11.8 Å². The third-order valence-corrected chi connectivity index (χ3v) is 8.34. The van der Waals surface area contributed by atoms with Crippen molar-refractivity contribution in [2.45, 2.75) is 57.4 Å². The molecule has 33 heavy (non-hydrogen) atoms. The van der Waals surface area contributed by atoms with Crippen LogP contribution < -0.4 is 10.6 Å². The fourth-order valence-electron chi connectivity index (χ4n) is 5.20. The van der Waals surface area contributed by atoms with Gasteiger partial charge in [-0.05, 0) is 25.3 Å². The Balaban J connectivity index is 1.68. The first-order valence-electron chi connectivity index (χ1n) is 11.7. The van der Waals surface area contributed by atoms with E-state index in [9.17, 15) is 24.3 Å². The van der Waals surface area contributed by atoms with Crippen molar-refractivity contribution in [3.63, 3.8) is 0 Å². The highest BCUT2D eigenvalue weighted by molar-refractivity contribution is 8.03. The van der Waals surface area contributed by atoms with Crippen molar-refractivity contribution in [1.82, 2.24) is 20.4 Å². The van der Waals surface area contributed by atoms with Crippen LogP contribution in [0.1, 0.15) is 40.0 Å². The van der Waals surface area contributed by atoms with Crippen molar-refractivity contribution >= 4 is 35.3 Å². The van der Waals surface area contributed by atoms with Crippen LogP contribution in [0.5, 0.6) is 0 Å². The lowest BCUT2D eigenvalue weighted by Gasteiger charge is -2.47. The summed E-state index contributed by atoms with van der Waals surface area (Å²) in [5.74, 6) is -1.84. The molecule has 0 saturated carbocycles. The van der Waals surface area contributed by atoms with E-state index in [0.29, 0.717) is 30.8 Å². The van der Waals surface area contributed by atoms with Gasteiger partial charge in [0.25, 0.3) is 0 Å². The topological polar surface area (TPSA) is 119 Å². The predicted molar refractivity (Wildman–Crippen MR) is 126 cm³/mol. The quantitative estimate of drug-likeness (QED) is 0.295. The van der Waals surface area contributed by atoms with E-state index in [1.165, 1.54) is 16.7 Å². The van der Waals surface area contributed by atoms with Crippen molar-refractivity contribution in [3.8, 4) is 0 Å². The smallest absolute Gasteiger partial charge is 0.353 e. The highest BCUT2D eigenvalue weighted by Gasteiger charge is 2.60. The number of carboxylic acid groups (broad SMARTS) is 1. The van der Waals surface area contributed by atoms with Crippen LogP contribution in [-0.4, -0.2) is 89.5 Å². The number of carbonyl (C=O) groups excluding carboxylic acids is 3. The lowest BCUT2D eigenvalue weighted by molar-refractivity contribution is -0.160. The Kier molecular flexibility index (Phi) is 8.23. The van der Waals surface area contributed by atoms with Gasteiger partial charge in [0.2, 0.25) is 11.8 Å². The van der Waals surface area contributed by atoms with Crippen molar-refractivity contribution in [2.24, 2.45) is 17.8 Å². The molecule has 0 aromatic rings. The van der Waals surface area contributed by atoms with E-state index >= 15 is 0 Å². The molecule has 3 N–H and O–H groups in total. The Morgan fingerprint density at radius 3 is 2.64 bits per heavy atom. The molecule has 0 spiro atoms. The molecular formula is C23H36N4O5S. The lowest BCUT2D eigenvalue weighted by atomic mass is 9.73. The number of β-lactam (4-membered cyclic amide) rings is 1. The van der Waals surface area contributed by atoms with E-state index in [1.807, 2.05) is 20.8 Å². The minimum Gasteiger partial charge on any atom is -0.477 e. The van der Waals surface area contributed by atoms with Crippen LogP contribution in [0, 0.1) is 17.8 Å². The zero-order valence-corrected chi connectivity index (χ0v) is 20.9. The summed E-state index contributed by atoms with van der Waals surface area (Å²) >= 11 is 1.48. The molecule has 184 valence electrons. The summed E-state index contributed by atoms with van der Waals surface area (Å²) in [4.78, 5) is 53.4. The van der Waals surface area contributed by atoms with Crippen molar-refractivity contribution in [1.29, 1.82) is 0 Å². The number of nitrogens with one attached hydrogen (secondary N) is 2. The number of aliphatic carboxylic acids is 1. The number of hydrogen-bond donors (Lipinski definition) is 3. The predicted octanol–water partition coefficient (Wildman–Crippen LogP) is 0.906. The number of nitrogens with zero attached hydrogens (tertiary/aromatic N) is 2. The second-order valence-corrected chi connectivity index (χ2v) is 10.9. The minimum absolute atomic E-state index is 0.0102. The highest BCUT2D eigenvalue weighted by atomic mass is 32.2. The van der Waals surface area contributed by atoms with Gasteiger partial charge in [-0.25, -0.2) is 4.79 Å². The van der Waals surface area contributed by atoms with Gasteiger partial charge >= 0.3 is 5.97 Å². The number of carboxylic acids is 1. The molecule has 9 nitrogen and oxygen atoms in total. The molecule has 2 fully saturated rings. The molecule has 0 aromatic heterocycles. The number of likely N-dealkylation sites (N-methyl/N-ethyl adjacent to an activating group) is 1. The monoisotopic (exact) mass is 480 g/mol. The summed E-state index contributed by atoms with van der Waals surface area (Å²) in [5.41, 5.74) is 0.0734. The van der Waals surface area contributed by atoms with Crippen LogP contribution in [0.4, 0.5) is 0 Å². The van der Waals surface area contributed by atoms with Gasteiger partial charge in [-0.1, -0.05) is 20.8 Å². The maximum Gasteiger partial charge on any atom is 0.353 e. The number of rotatable bonds is 11. The number of Topliss-reactive ketones (excluding diaryl/α,β-unsaturated/α-hetero) is 1. The van der Waals surface area contributed by atoms with Crippen LogP contribution in [-0.2, 0) is 19.2 Å². The lowest BCUT2D eigenvalue weighted by Crippen LogP contribution is -2.62. The fourth-order valence-corrected chi connectivity index (χ4v) is 6.68. The molecule has 3 rings (SSSR count). The highest BCUT2D eigenvalue weighted by Crippen LogP contribution is 2.53. The number of thioether (sulfide) groups is 1. The third-order valence-electron chi connectivity index (χ3n) is 6.83. The molecule has 0 radical (unpaired) electrons. The average Bonchev–Trinajstić information content (AvgIpc) is 3.29. The number of fused-ring (bicyclic) bond motifs is 1. The van der Waals surface area contributed by atoms with Gasteiger partial charge in [0.1, 0.15) is 11.5 Å². The van der Waals surface area contributed by atoms with Crippen LogP contribution in [0.2, 0.25) is 0 Å². The second-order valence-electron chi connectivity index (χ2n) is 9.60. The van der Waals surface area contributed by atoms with Gasteiger partial charge in [0, 0.05) is 43.1 Å². The third kappa shape index (κ3) is 5.12. The molecule has 6 atom stereocenters. The molecule has 3 heterocycles. The largest absolute Gasteiger partial charge is 0.477 e. The molecule has 2 amide bonds. The SMILES string of the molecule is CCCNCC(=O)C[C@H](C)[C@H]1C(=O)N2C(C(=O)O)=C(S[C@@H]3CN[C@H](C(=O)N(C)C)C3)[C@H](C)C12.